The molecule has 194 valence electrons. The molecule has 9 atom stereocenters. The summed E-state index contributed by atoms with van der Waals surface area (Å²) in [5.74, 6) is -0.634. The van der Waals surface area contributed by atoms with Crippen molar-refractivity contribution < 1.29 is 43.0 Å². The molecule has 0 radical (unpaired) electrons. The average Bonchev–Trinajstić information content (AvgIpc) is 3.24. The topological polar surface area (TPSA) is 140 Å². The lowest BCUT2D eigenvalue weighted by Crippen LogP contribution is -2.63. The van der Waals surface area contributed by atoms with Gasteiger partial charge in [-0.25, -0.2) is 4.57 Å². The summed E-state index contributed by atoms with van der Waals surface area (Å²) in [4.78, 5) is 44.2. The van der Waals surface area contributed by atoms with Crippen LogP contribution in [0.1, 0.15) is 59.3 Å². The molecule has 0 spiro atoms. The van der Waals surface area contributed by atoms with Gasteiger partial charge in [-0.2, -0.15) is 0 Å². The van der Waals surface area contributed by atoms with Crippen molar-refractivity contribution in [2.75, 3.05) is 6.61 Å². The summed E-state index contributed by atoms with van der Waals surface area (Å²) < 4.78 is 28.7. The molecule has 5 rings (SSSR count). The molecule has 0 aromatic rings. The number of phosphoric ester groups is 1. The summed E-state index contributed by atoms with van der Waals surface area (Å²) in [5.41, 5.74) is -1.65. The Morgan fingerprint density at radius 1 is 1.31 bits per heavy atom. The first-order valence-electron chi connectivity index (χ1n) is 12.5. The molecule has 0 bridgehead atoms. The summed E-state index contributed by atoms with van der Waals surface area (Å²) in [5, 5.41) is 11.6. The van der Waals surface area contributed by atoms with Crippen LogP contribution in [0.25, 0.3) is 0 Å². The zero-order chi connectivity index (χ0) is 25.4. The minimum atomic E-state index is -4.86. The molecule has 1 aliphatic heterocycles. The Morgan fingerprint density at radius 2 is 2.06 bits per heavy atom. The van der Waals surface area contributed by atoms with Crippen molar-refractivity contribution in [1.29, 1.82) is 0 Å². The molecule has 3 saturated carbocycles. The SMILES string of the molecule is CCCC1OC2CC3C4CCC5=CC(=O)C=CC5(C)C4C(O)CC3(C)C2(C(=O)COP(=O)(O)O)O1. The number of carbonyl (C=O) groups excluding carboxylic acids is 2. The molecule has 3 N–H and O–H groups in total. The van der Waals surface area contributed by atoms with E-state index >= 15 is 0 Å². The Hall–Kier alpha value is -1.19. The van der Waals surface area contributed by atoms with Gasteiger partial charge in [0, 0.05) is 16.7 Å². The number of rotatable bonds is 6. The van der Waals surface area contributed by atoms with Crippen LogP contribution in [0.3, 0.4) is 0 Å². The first kappa shape index (κ1) is 25.5. The van der Waals surface area contributed by atoms with Gasteiger partial charge in [0.25, 0.3) is 0 Å². The molecule has 0 amide bonds. The monoisotopic (exact) mass is 510 g/mol. The van der Waals surface area contributed by atoms with Crippen molar-refractivity contribution in [2.24, 2.45) is 28.6 Å². The second-order valence-corrected chi connectivity index (χ2v) is 12.6. The van der Waals surface area contributed by atoms with E-state index in [1.54, 1.807) is 12.2 Å². The molecular formula is C25H35O9P. The van der Waals surface area contributed by atoms with Gasteiger partial charge >= 0.3 is 7.82 Å². The maximum Gasteiger partial charge on any atom is 0.470 e. The predicted molar refractivity (Wildman–Crippen MR) is 124 cm³/mol. The molecule has 4 aliphatic carbocycles. The van der Waals surface area contributed by atoms with Gasteiger partial charge in [0.2, 0.25) is 0 Å². The molecule has 9 unspecified atom stereocenters. The number of hydrogen-bond donors (Lipinski definition) is 3. The Kier molecular flexibility index (Phi) is 6.12. The maximum atomic E-state index is 13.7. The molecular weight excluding hydrogens is 475 g/mol. The lowest BCUT2D eigenvalue weighted by atomic mass is 9.46. The van der Waals surface area contributed by atoms with Crippen molar-refractivity contribution in [1.82, 2.24) is 0 Å². The Labute approximate surface area is 205 Å². The number of phosphoric acid groups is 1. The van der Waals surface area contributed by atoms with E-state index in [4.69, 9.17) is 9.47 Å². The normalized spacial score (nSPS) is 46.5. The summed E-state index contributed by atoms with van der Waals surface area (Å²) in [6.07, 6.45) is 7.01. The van der Waals surface area contributed by atoms with Crippen LogP contribution >= 0.6 is 7.82 Å². The number of fused-ring (bicyclic) bond motifs is 7. The van der Waals surface area contributed by atoms with Crippen LogP contribution in [0.2, 0.25) is 0 Å². The molecule has 1 heterocycles. The van der Waals surface area contributed by atoms with E-state index in [1.165, 1.54) is 0 Å². The van der Waals surface area contributed by atoms with Crippen LogP contribution in [0, 0.1) is 28.6 Å². The molecule has 35 heavy (non-hydrogen) atoms. The number of hydrogen-bond acceptors (Lipinski definition) is 7. The third kappa shape index (κ3) is 3.69. The first-order chi connectivity index (χ1) is 16.4. The van der Waals surface area contributed by atoms with E-state index in [0.717, 1.165) is 24.8 Å². The summed E-state index contributed by atoms with van der Waals surface area (Å²) in [7, 11) is -4.86. The molecule has 1 saturated heterocycles. The predicted octanol–water partition coefficient (Wildman–Crippen LogP) is 2.83. The second kappa shape index (κ2) is 8.42. The van der Waals surface area contributed by atoms with Gasteiger partial charge < -0.3 is 24.4 Å². The molecule has 4 fully saturated rings. The molecule has 5 aliphatic rings. The van der Waals surface area contributed by atoms with E-state index < -0.39 is 55.1 Å². The summed E-state index contributed by atoms with van der Waals surface area (Å²) in [6.45, 7) is 5.24. The van der Waals surface area contributed by atoms with Gasteiger partial charge in [-0.05, 0) is 56.1 Å². The van der Waals surface area contributed by atoms with E-state index in [0.29, 0.717) is 12.8 Å². The number of aliphatic hydroxyl groups excluding tert-OH is 1. The minimum Gasteiger partial charge on any atom is -0.393 e. The van der Waals surface area contributed by atoms with E-state index in [9.17, 15) is 29.0 Å². The van der Waals surface area contributed by atoms with Gasteiger partial charge in [-0.3, -0.25) is 14.1 Å². The van der Waals surface area contributed by atoms with Gasteiger partial charge in [-0.1, -0.05) is 38.8 Å². The standard InChI is InChI=1S/C25H35O9P/c1-4-5-21-33-20-11-17-16-7-6-14-10-15(26)8-9-23(14,2)22(16)18(27)12-24(17,3)25(20,34-21)19(28)13-32-35(29,30)31/h8-10,16-18,20-22,27H,4-7,11-13H2,1-3H3,(H2,29,30,31). The lowest BCUT2D eigenvalue weighted by molar-refractivity contribution is -0.200. The first-order valence-corrected chi connectivity index (χ1v) is 14.1. The lowest BCUT2D eigenvalue weighted by Gasteiger charge is -2.59. The highest BCUT2D eigenvalue weighted by molar-refractivity contribution is 7.46. The number of allylic oxidation sites excluding steroid dienone is 4. The molecule has 0 aromatic carbocycles. The van der Waals surface area contributed by atoms with Crippen molar-refractivity contribution in [3.05, 3.63) is 23.8 Å². The molecule has 9 nitrogen and oxygen atoms in total. The quantitative estimate of drug-likeness (QED) is 0.460. The third-order valence-electron chi connectivity index (χ3n) is 9.59. The van der Waals surface area contributed by atoms with Crippen molar-refractivity contribution >= 4 is 19.4 Å². The molecule has 10 heteroatoms. The zero-order valence-corrected chi connectivity index (χ0v) is 21.3. The van der Waals surface area contributed by atoms with Crippen LogP contribution in [0.4, 0.5) is 0 Å². The van der Waals surface area contributed by atoms with Gasteiger partial charge in [0.1, 0.15) is 6.61 Å². The fourth-order valence-corrected chi connectivity index (χ4v) is 8.54. The third-order valence-corrected chi connectivity index (χ3v) is 10.1. The second-order valence-electron chi connectivity index (χ2n) is 11.3. The van der Waals surface area contributed by atoms with Crippen LogP contribution in [-0.4, -0.2) is 57.2 Å². The van der Waals surface area contributed by atoms with Crippen LogP contribution in [0.15, 0.2) is 23.8 Å². The minimum absolute atomic E-state index is 0.00751. The number of ketones is 2. The van der Waals surface area contributed by atoms with E-state index in [-0.39, 0.29) is 30.0 Å². The molecule has 0 aromatic heterocycles. The Bertz CT molecular complexity index is 1030. The summed E-state index contributed by atoms with van der Waals surface area (Å²) in [6, 6.07) is 0. The highest BCUT2D eigenvalue weighted by Gasteiger charge is 2.75. The van der Waals surface area contributed by atoms with E-state index in [2.05, 4.69) is 11.4 Å². The maximum absolute atomic E-state index is 13.7. The van der Waals surface area contributed by atoms with Crippen molar-refractivity contribution in [3.8, 4) is 0 Å². The van der Waals surface area contributed by atoms with Gasteiger partial charge in [0.05, 0.1) is 12.2 Å². The van der Waals surface area contributed by atoms with Gasteiger partial charge in [0.15, 0.2) is 23.5 Å². The Balaban J connectivity index is 1.53. The van der Waals surface area contributed by atoms with E-state index in [1.807, 2.05) is 19.9 Å². The average molecular weight is 511 g/mol. The van der Waals surface area contributed by atoms with Crippen LogP contribution in [0.5, 0.6) is 0 Å². The highest BCUT2D eigenvalue weighted by atomic mass is 31.2. The number of ether oxygens (including phenoxy) is 2. The Morgan fingerprint density at radius 3 is 2.74 bits per heavy atom. The van der Waals surface area contributed by atoms with Crippen molar-refractivity contribution in [2.45, 2.75) is 83.4 Å². The van der Waals surface area contributed by atoms with Crippen LogP contribution in [-0.2, 0) is 28.2 Å². The van der Waals surface area contributed by atoms with Crippen molar-refractivity contribution in [3.63, 3.8) is 0 Å². The number of carbonyl (C=O) groups is 2. The largest absolute Gasteiger partial charge is 0.470 e. The zero-order valence-electron chi connectivity index (χ0n) is 20.4. The number of Topliss-reactive ketones (excluding diaryl/α,β-unsaturated/α-hetero) is 1. The van der Waals surface area contributed by atoms with Gasteiger partial charge in [-0.15, -0.1) is 0 Å². The summed E-state index contributed by atoms with van der Waals surface area (Å²) >= 11 is 0. The van der Waals surface area contributed by atoms with Crippen LogP contribution < -0.4 is 0 Å². The number of aliphatic hydroxyl groups is 1. The highest BCUT2D eigenvalue weighted by Crippen LogP contribution is 2.69. The fraction of sp³-hybridized carbons (Fsp3) is 0.760. The fourth-order valence-electron chi connectivity index (χ4n) is 8.26. The smallest absolute Gasteiger partial charge is 0.393 e.